The fourth-order valence-electron chi connectivity index (χ4n) is 3.10. The number of halogens is 2. The van der Waals surface area contributed by atoms with Crippen LogP contribution in [0.1, 0.15) is 45.4 Å². The Labute approximate surface area is 178 Å². The molecule has 1 N–H and O–H groups in total. The Bertz CT molecular complexity index is 577. The van der Waals surface area contributed by atoms with E-state index in [4.69, 9.17) is 21.7 Å². The lowest BCUT2D eigenvalue weighted by atomic mass is 9.82. The normalized spacial score (nSPS) is 20.3. The van der Waals surface area contributed by atoms with Crippen LogP contribution < -0.4 is 10.1 Å². The van der Waals surface area contributed by atoms with Crippen molar-refractivity contribution in [2.75, 3.05) is 25.6 Å². The third-order valence-corrected chi connectivity index (χ3v) is 6.66. The molecule has 3 nitrogen and oxygen atoms in total. The molecular weight excluding hydrogens is 513 g/mol. The summed E-state index contributed by atoms with van der Waals surface area (Å²) < 4.78 is 13.3. The van der Waals surface area contributed by atoms with E-state index in [1.54, 1.807) is 7.11 Å². The first-order valence-corrected chi connectivity index (χ1v) is 11.2. The van der Waals surface area contributed by atoms with Crippen molar-refractivity contribution in [1.82, 2.24) is 0 Å². The number of unbranched alkanes of at least 4 members (excludes halogenated alkanes) is 1. The van der Waals surface area contributed by atoms with Crippen LogP contribution in [0.4, 0.5) is 5.69 Å². The minimum absolute atomic E-state index is 0.465. The second-order valence-electron chi connectivity index (χ2n) is 6.60. The van der Waals surface area contributed by atoms with Gasteiger partial charge >= 0.3 is 0 Å². The first-order valence-electron chi connectivity index (χ1n) is 8.96. The van der Waals surface area contributed by atoms with Gasteiger partial charge in [-0.25, -0.2) is 0 Å². The number of hydrogen-bond acceptors (Lipinski definition) is 3. The topological polar surface area (TPSA) is 30.5 Å². The van der Waals surface area contributed by atoms with Gasteiger partial charge in [0.1, 0.15) is 5.75 Å². The van der Waals surface area contributed by atoms with Crippen LogP contribution in [0.25, 0.3) is 0 Å². The van der Waals surface area contributed by atoms with Crippen LogP contribution in [0, 0.1) is 15.4 Å². The zero-order valence-electron chi connectivity index (χ0n) is 14.9. The summed E-state index contributed by atoms with van der Waals surface area (Å²) in [7, 11) is 1.68. The van der Waals surface area contributed by atoms with Gasteiger partial charge in [-0.2, -0.15) is 0 Å². The van der Waals surface area contributed by atoms with Crippen LogP contribution in [-0.2, 0) is 4.74 Å². The summed E-state index contributed by atoms with van der Waals surface area (Å²) in [5.41, 5.74) is 1.02. The van der Waals surface area contributed by atoms with E-state index in [1.165, 1.54) is 25.7 Å². The number of anilines is 1. The minimum atomic E-state index is 0.465. The molecule has 0 aromatic heterocycles. The summed E-state index contributed by atoms with van der Waals surface area (Å²) in [4.78, 5) is 0.952. The fraction of sp³-hybridized carbons (Fsp3) is 0.632. The maximum absolute atomic E-state index is 5.79. The molecule has 2 rings (SSSR count). The highest BCUT2D eigenvalue weighted by Gasteiger charge is 2.24. The van der Waals surface area contributed by atoms with Crippen molar-refractivity contribution >= 4 is 61.4 Å². The van der Waals surface area contributed by atoms with Crippen LogP contribution in [0.5, 0.6) is 5.75 Å². The van der Waals surface area contributed by atoms with E-state index in [0.29, 0.717) is 11.8 Å². The van der Waals surface area contributed by atoms with Gasteiger partial charge in [-0.15, -0.1) is 0 Å². The van der Waals surface area contributed by atoms with Crippen LogP contribution in [0.2, 0.25) is 0 Å². The number of methoxy groups -OCH3 is 1. The van der Waals surface area contributed by atoms with Gasteiger partial charge in [0.15, 0.2) is 0 Å². The van der Waals surface area contributed by atoms with Crippen LogP contribution >= 0.6 is 50.7 Å². The number of rotatable bonds is 8. The van der Waals surface area contributed by atoms with Crippen molar-refractivity contribution in [1.29, 1.82) is 0 Å². The molecular formula is C19H27BrINO2S. The van der Waals surface area contributed by atoms with Gasteiger partial charge in [0, 0.05) is 28.8 Å². The van der Waals surface area contributed by atoms with Crippen molar-refractivity contribution in [3.05, 3.63) is 20.2 Å². The molecule has 0 bridgehead atoms. The summed E-state index contributed by atoms with van der Waals surface area (Å²) in [6.07, 6.45) is 7.08. The molecule has 1 aliphatic rings. The predicted molar refractivity (Wildman–Crippen MR) is 121 cm³/mol. The van der Waals surface area contributed by atoms with E-state index in [9.17, 15) is 0 Å². The molecule has 0 saturated heterocycles. The molecule has 1 aromatic rings. The Morgan fingerprint density at radius 3 is 2.68 bits per heavy atom. The second kappa shape index (κ2) is 11.0. The van der Waals surface area contributed by atoms with Gasteiger partial charge in [0.2, 0.25) is 0 Å². The molecule has 0 radical (unpaired) electrons. The van der Waals surface area contributed by atoms with Crippen molar-refractivity contribution in [3.63, 3.8) is 0 Å². The Kier molecular flexibility index (Phi) is 9.45. The Hall–Kier alpha value is 0.0800. The molecule has 1 aromatic carbocycles. The van der Waals surface area contributed by atoms with E-state index in [1.807, 2.05) is 6.07 Å². The van der Waals surface area contributed by atoms with E-state index in [2.05, 4.69) is 56.8 Å². The molecule has 6 heteroatoms. The van der Waals surface area contributed by atoms with E-state index >= 15 is 0 Å². The Balaban J connectivity index is 1.83. The highest BCUT2D eigenvalue weighted by Crippen LogP contribution is 2.34. The number of thiocarbonyl (C=S) groups is 1. The monoisotopic (exact) mass is 539 g/mol. The number of hydrogen-bond donors (Lipinski definition) is 1. The molecule has 0 aliphatic heterocycles. The zero-order chi connectivity index (χ0) is 18.2. The smallest absolute Gasteiger partial charge is 0.135 e. The standard InChI is InChI=1S/C19H27BrINO2S/c1-3-4-9-24-12-13-5-7-14(8-6-13)19(25)22-17-11-18(23-2)15(20)10-16(17)21/h10-11,13-14H,3-9,12H2,1-2H3,(H,22,25). The van der Waals surface area contributed by atoms with Crippen LogP contribution in [0.15, 0.2) is 16.6 Å². The second-order valence-corrected chi connectivity index (χ2v) is 9.06. The largest absolute Gasteiger partial charge is 0.495 e. The van der Waals surface area contributed by atoms with Crippen LogP contribution in [0.3, 0.4) is 0 Å². The SMILES string of the molecule is CCCCOCC1CCC(C(=S)Nc2cc(OC)c(Br)cc2I)CC1. The van der Waals surface area contributed by atoms with E-state index in [0.717, 1.165) is 50.5 Å². The summed E-state index contributed by atoms with van der Waals surface area (Å²) in [5.74, 6) is 1.98. The van der Waals surface area contributed by atoms with Crippen molar-refractivity contribution < 1.29 is 9.47 Å². The van der Waals surface area contributed by atoms with Gasteiger partial charge in [-0.05, 0) is 82.6 Å². The van der Waals surface area contributed by atoms with Gasteiger partial charge < -0.3 is 14.8 Å². The highest BCUT2D eigenvalue weighted by molar-refractivity contribution is 14.1. The quantitative estimate of drug-likeness (QED) is 0.234. The third-order valence-electron chi connectivity index (χ3n) is 4.71. The molecule has 1 saturated carbocycles. The summed E-state index contributed by atoms with van der Waals surface area (Å²) in [5, 5.41) is 3.45. The Morgan fingerprint density at radius 1 is 1.32 bits per heavy atom. The molecule has 1 fully saturated rings. The average molecular weight is 540 g/mol. The summed E-state index contributed by atoms with van der Waals surface area (Å²) in [6, 6.07) is 4.06. The van der Waals surface area contributed by atoms with Crippen molar-refractivity contribution in [2.45, 2.75) is 45.4 Å². The summed E-state index contributed by atoms with van der Waals surface area (Å²) >= 11 is 11.5. The van der Waals surface area contributed by atoms with Gasteiger partial charge in [-0.3, -0.25) is 0 Å². The van der Waals surface area contributed by atoms with E-state index < -0.39 is 0 Å². The van der Waals surface area contributed by atoms with Crippen molar-refractivity contribution in [2.24, 2.45) is 11.8 Å². The molecule has 25 heavy (non-hydrogen) atoms. The predicted octanol–water partition coefficient (Wildman–Crippen LogP) is 6.42. The van der Waals surface area contributed by atoms with Gasteiger partial charge in [0.25, 0.3) is 0 Å². The number of ether oxygens (including phenoxy) is 2. The molecule has 140 valence electrons. The first kappa shape index (κ1) is 21.4. The highest BCUT2D eigenvalue weighted by atomic mass is 127. The lowest BCUT2D eigenvalue weighted by Gasteiger charge is -2.29. The molecule has 0 spiro atoms. The fourth-order valence-corrected chi connectivity index (χ4v) is 4.98. The average Bonchev–Trinajstić information content (AvgIpc) is 2.61. The molecule has 0 amide bonds. The molecule has 0 atom stereocenters. The maximum Gasteiger partial charge on any atom is 0.135 e. The summed E-state index contributed by atoms with van der Waals surface area (Å²) in [6.45, 7) is 4.01. The lowest BCUT2D eigenvalue weighted by Crippen LogP contribution is -2.27. The van der Waals surface area contributed by atoms with Gasteiger partial charge in [-0.1, -0.05) is 25.6 Å². The van der Waals surface area contributed by atoms with Crippen molar-refractivity contribution in [3.8, 4) is 5.75 Å². The van der Waals surface area contributed by atoms with Gasteiger partial charge in [0.05, 0.1) is 22.3 Å². The first-order chi connectivity index (χ1) is 12.0. The number of nitrogens with one attached hydrogen (secondary N) is 1. The molecule has 0 heterocycles. The molecule has 1 aliphatic carbocycles. The third kappa shape index (κ3) is 6.63. The lowest BCUT2D eigenvalue weighted by molar-refractivity contribution is 0.0803. The minimum Gasteiger partial charge on any atom is -0.495 e. The van der Waals surface area contributed by atoms with E-state index in [-0.39, 0.29) is 0 Å². The Morgan fingerprint density at radius 2 is 2.04 bits per heavy atom. The number of benzene rings is 1. The van der Waals surface area contributed by atoms with Crippen LogP contribution in [-0.4, -0.2) is 25.3 Å². The maximum atomic E-state index is 5.79. The zero-order valence-corrected chi connectivity index (χ0v) is 19.5. The molecule has 0 unspecified atom stereocenters.